The summed E-state index contributed by atoms with van der Waals surface area (Å²) in [6.45, 7) is 12.1. The molecule has 1 saturated heterocycles. The average Bonchev–Trinajstić information content (AvgIpc) is 2.28. The molecule has 4 unspecified atom stereocenters. The lowest BCUT2D eigenvalue weighted by atomic mass is 9.86. The SMILES string of the molecule is CCCC(CS)C(C)N1CCC(C)C(C)C1. The Bertz CT molecular complexity index is 195. The molecule has 1 fully saturated rings. The number of hydrogen-bond donors (Lipinski definition) is 1. The molecule has 1 rings (SSSR count). The normalized spacial score (nSPS) is 31.3. The first-order valence-electron chi connectivity index (χ1n) is 6.95. The van der Waals surface area contributed by atoms with E-state index in [2.05, 4.69) is 45.2 Å². The van der Waals surface area contributed by atoms with E-state index in [1.54, 1.807) is 0 Å². The van der Waals surface area contributed by atoms with Gasteiger partial charge in [-0.05, 0) is 49.8 Å². The first-order chi connectivity index (χ1) is 7.60. The van der Waals surface area contributed by atoms with Crippen LogP contribution in [0.1, 0.15) is 47.0 Å². The molecule has 1 aliphatic rings. The lowest BCUT2D eigenvalue weighted by molar-refractivity contribution is 0.0774. The average molecular weight is 243 g/mol. The van der Waals surface area contributed by atoms with Gasteiger partial charge in [0.25, 0.3) is 0 Å². The number of rotatable bonds is 5. The Hall–Kier alpha value is 0.310. The van der Waals surface area contributed by atoms with E-state index in [1.165, 1.54) is 32.4 Å². The van der Waals surface area contributed by atoms with Gasteiger partial charge in [0.15, 0.2) is 0 Å². The van der Waals surface area contributed by atoms with Crippen molar-refractivity contribution in [2.45, 2.75) is 53.0 Å². The van der Waals surface area contributed by atoms with Gasteiger partial charge in [-0.3, -0.25) is 0 Å². The molecular formula is C14H29NS. The molecule has 96 valence electrons. The van der Waals surface area contributed by atoms with E-state index in [-0.39, 0.29) is 0 Å². The number of likely N-dealkylation sites (tertiary alicyclic amines) is 1. The minimum atomic E-state index is 0.715. The minimum Gasteiger partial charge on any atom is -0.300 e. The van der Waals surface area contributed by atoms with Crippen LogP contribution < -0.4 is 0 Å². The van der Waals surface area contributed by atoms with Crippen molar-refractivity contribution in [1.82, 2.24) is 4.90 Å². The highest BCUT2D eigenvalue weighted by atomic mass is 32.1. The Balaban J connectivity index is 2.49. The predicted molar refractivity (Wildman–Crippen MR) is 76.2 cm³/mol. The van der Waals surface area contributed by atoms with Crippen LogP contribution in [-0.2, 0) is 0 Å². The zero-order chi connectivity index (χ0) is 12.1. The summed E-state index contributed by atoms with van der Waals surface area (Å²) in [6.07, 6.45) is 3.98. The first kappa shape index (κ1) is 14.4. The molecule has 1 aliphatic heterocycles. The van der Waals surface area contributed by atoms with E-state index in [0.29, 0.717) is 6.04 Å². The lowest BCUT2D eigenvalue weighted by Gasteiger charge is -2.41. The Morgan fingerprint density at radius 1 is 1.31 bits per heavy atom. The number of hydrogen-bond acceptors (Lipinski definition) is 2. The van der Waals surface area contributed by atoms with Crippen molar-refractivity contribution in [1.29, 1.82) is 0 Å². The largest absolute Gasteiger partial charge is 0.300 e. The van der Waals surface area contributed by atoms with Gasteiger partial charge in [0, 0.05) is 12.6 Å². The van der Waals surface area contributed by atoms with Gasteiger partial charge in [-0.2, -0.15) is 12.6 Å². The fourth-order valence-corrected chi connectivity index (χ4v) is 3.31. The van der Waals surface area contributed by atoms with Crippen LogP contribution in [0.25, 0.3) is 0 Å². The molecule has 1 heterocycles. The van der Waals surface area contributed by atoms with Gasteiger partial charge < -0.3 is 4.90 Å². The second-order valence-corrected chi connectivity index (χ2v) is 6.08. The molecule has 2 heteroatoms. The zero-order valence-corrected chi connectivity index (χ0v) is 12.3. The Morgan fingerprint density at radius 3 is 2.50 bits per heavy atom. The topological polar surface area (TPSA) is 3.24 Å². The molecule has 0 aliphatic carbocycles. The lowest BCUT2D eigenvalue weighted by Crippen LogP contribution is -2.46. The highest BCUT2D eigenvalue weighted by Gasteiger charge is 2.28. The Labute approximate surface area is 107 Å². The summed E-state index contributed by atoms with van der Waals surface area (Å²) in [5, 5.41) is 0. The smallest absolute Gasteiger partial charge is 0.0103 e. The molecule has 0 aromatic rings. The number of nitrogens with zero attached hydrogens (tertiary/aromatic N) is 1. The fraction of sp³-hybridized carbons (Fsp3) is 1.00. The van der Waals surface area contributed by atoms with E-state index >= 15 is 0 Å². The molecule has 0 saturated carbocycles. The molecule has 0 aromatic carbocycles. The molecule has 0 amide bonds. The quantitative estimate of drug-likeness (QED) is 0.721. The summed E-state index contributed by atoms with van der Waals surface area (Å²) in [7, 11) is 0. The highest BCUT2D eigenvalue weighted by Crippen LogP contribution is 2.27. The van der Waals surface area contributed by atoms with Crippen molar-refractivity contribution in [2.24, 2.45) is 17.8 Å². The summed E-state index contributed by atoms with van der Waals surface area (Å²) in [5.41, 5.74) is 0. The van der Waals surface area contributed by atoms with Crippen LogP contribution in [0.15, 0.2) is 0 Å². The van der Waals surface area contributed by atoms with Gasteiger partial charge in [-0.25, -0.2) is 0 Å². The van der Waals surface area contributed by atoms with Crippen LogP contribution in [0, 0.1) is 17.8 Å². The summed E-state index contributed by atoms with van der Waals surface area (Å²) in [4.78, 5) is 2.70. The van der Waals surface area contributed by atoms with Crippen LogP contribution >= 0.6 is 12.6 Å². The summed E-state index contributed by atoms with van der Waals surface area (Å²) >= 11 is 4.52. The van der Waals surface area contributed by atoms with Crippen molar-refractivity contribution in [3.63, 3.8) is 0 Å². The van der Waals surface area contributed by atoms with Gasteiger partial charge >= 0.3 is 0 Å². The minimum absolute atomic E-state index is 0.715. The molecule has 0 aromatic heterocycles. The first-order valence-corrected chi connectivity index (χ1v) is 7.58. The summed E-state index contributed by atoms with van der Waals surface area (Å²) < 4.78 is 0. The van der Waals surface area contributed by atoms with Crippen LogP contribution in [0.5, 0.6) is 0 Å². The van der Waals surface area contributed by atoms with Gasteiger partial charge in [0.05, 0.1) is 0 Å². The maximum absolute atomic E-state index is 4.52. The van der Waals surface area contributed by atoms with Gasteiger partial charge in [-0.1, -0.05) is 27.2 Å². The van der Waals surface area contributed by atoms with E-state index in [1.807, 2.05) is 0 Å². The Morgan fingerprint density at radius 2 is 2.00 bits per heavy atom. The standard InChI is InChI=1S/C14H29NS/c1-5-6-14(10-16)13(4)15-8-7-11(2)12(3)9-15/h11-14,16H,5-10H2,1-4H3. The van der Waals surface area contributed by atoms with E-state index in [9.17, 15) is 0 Å². The Kier molecular flexibility index (Phi) is 6.20. The third kappa shape index (κ3) is 3.66. The van der Waals surface area contributed by atoms with Crippen LogP contribution in [0.4, 0.5) is 0 Å². The predicted octanol–water partition coefficient (Wildman–Crippen LogP) is 3.70. The summed E-state index contributed by atoms with van der Waals surface area (Å²) in [6, 6.07) is 0.715. The van der Waals surface area contributed by atoms with Gasteiger partial charge in [-0.15, -0.1) is 0 Å². The van der Waals surface area contributed by atoms with Crippen molar-refractivity contribution in [3.05, 3.63) is 0 Å². The van der Waals surface area contributed by atoms with Crippen LogP contribution in [0.2, 0.25) is 0 Å². The zero-order valence-electron chi connectivity index (χ0n) is 11.4. The molecule has 4 atom stereocenters. The second kappa shape index (κ2) is 6.90. The molecule has 0 N–H and O–H groups in total. The number of piperidine rings is 1. The molecule has 16 heavy (non-hydrogen) atoms. The number of thiol groups is 1. The molecule has 0 spiro atoms. The van der Waals surface area contributed by atoms with E-state index in [0.717, 1.165) is 23.5 Å². The van der Waals surface area contributed by atoms with Crippen molar-refractivity contribution >= 4 is 12.6 Å². The van der Waals surface area contributed by atoms with E-state index in [4.69, 9.17) is 0 Å². The molecule has 0 bridgehead atoms. The third-order valence-electron chi connectivity index (χ3n) is 4.52. The summed E-state index contributed by atoms with van der Waals surface area (Å²) in [5.74, 6) is 3.58. The molecular weight excluding hydrogens is 214 g/mol. The van der Waals surface area contributed by atoms with Crippen molar-refractivity contribution in [2.75, 3.05) is 18.8 Å². The second-order valence-electron chi connectivity index (χ2n) is 5.71. The monoisotopic (exact) mass is 243 g/mol. The van der Waals surface area contributed by atoms with Crippen molar-refractivity contribution < 1.29 is 0 Å². The van der Waals surface area contributed by atoms with Gasteiger partial charge in [0.1, 0.15) is 0 Å². The van der Waals surface area contributed by atoms with Crippen LogP contribution in [0.3, 0.4) is 0 Å². The third-order valence-corrected chi connectivity index (χ3v) is 4.99. The van der Waals surface area contributed by atoms with E-state index < -0.39 is 0 Å². The molecule has 1 nitrogen and oxygen atoms in total. The highest BCUT2D eigenvalue weighted by molar-refractivity contribution is 7.80. The van der Waals surface area contributed by atoms with Crippen molar-refractivity contribution in [3.8, 4) is 0 Å². The van der Waals surface area contributed by atoms with Crippen LogP contribution in [-0.4, -0.2) is 29.8 Å². The molecule has 0 radical (unpaired) electrons. The maximum atomic E-state index is 4.52. The van der Waals surface area contributed by atoms with Gasteiger partial charge in [0.2, 0.25) is 0 Å². The maximum Gasteiger partial charge on any atom is 0.0103 e. The fourth-order valence-electron chi connectivity index (χ4n) is 2.82.